The molecule has 0 saturated carbocycles. The predicted octanol–water partition coefficient (Wildman–Crippen LogP) is -0.896. The van der Waals surface area contributed by atoms with Crippen LogP contribution in [0.25, 0.3) is 0 Å². The number of amidine groups is 1. The Labute approximate surface area is 110 Å². The Bertz CT molecular complexity index is 164. The molecular weight excluding hydrogens is 307 g/mol. The van der Waals surface area contributed by atoms with Crippen molar-refractivity contribution in [2.24, 2.45) is 0 Å². The fourth-order valence-electron chi connectivity index (χ4n) is 1.19. The van der Waals surface area contributed by atoms with Crippen molar-refractivity contribution in [3.05, 3.63) is 0 Å². The summed E-state index contributed by atoms with van der Waals surface area (Å²) in [5, 5.41) is 1.40. The van der Waals surface area contributed by atoms with E-state index >= 15 is 0 Å². The van der Waals surface area contributed by atoms with E-state index in [1.165, 1.54) is 17.3 Å². The van der Waals surface area contributed by atoms with E-state index in [4.69, 9.17) is 0 Å². The first-order valence-electron chi connectivity index (χ1n) is 5.09. The van der Waals surface area contributed by atoms with Crippen LogP contribution in [-0.4, -0.2) is 47.6 Å². The van der Waals surface area contributed by atoms with Crippen LogP contribution >= 0.6 is 11.8 Å². The van der Waals surface area contributed by atoms with E-state index in [-0.39, 0.29) is 24.0 Å². The Balaban J connectivity index is 0. The molecule has 0 bridgehead atoms. The summed E-state index contributed by atoms with van der Waals surface area (Å²) in [7, 11) is 4.24. The molecule has 4 heteroatoms. The van der Waals surface area contributed by atoms with Gasteiger partial charge in [-0.05, 0) is 32.0 Å². The first kappa shape index (κ1) is 17.0. The van der Waals surface area contributed by atoms with Gasteiger partial charge in [0.05, 0.1) is 27.2 Å². The maximum atomic E-state index is 2.40. The standard InChI is InChI=1S/C10H23N2S.HI/c1-6-9-13-10(11(4)5)12(7-2)8-3;/h6-9H2,1-5H3;1H/q+1;/p-1. The van der Waals surface area contributed by atoms with E-state index in [1.807, 2.05) is 11.8 Å². The predicted molar refractivity (Wildman–Crippen MR) is 62.8 cm³/mol. The third kappa shape index (κ3) is 6.11. The van der Waals surface area contributed by atoms with Crippen molar-refractivity contribution in [2.45, 2.75) is 27.2 Å². The Kier molecular flexibility index (Phi) is 12.2. The highest BCUT2D eigenvalue weighted by molar-refractivity contribution is 8.13. The highest BCUT2D eigenvalue weighted by Gasteiger charge is 2.16. The summed E-state index contributed by atoms with van der Waals surface area (Å²) in [6, 6.07) is 0. The summed E-state index contributed by atoms with van der Waals surface area (Å²) in [5.74, 6) is 1.21. The second-order valence-corrected chi connectivity index (χ2v) is 4.26. The van der Waals surface area contributed by atoms with E-state index in [2.05, 4.69) is 44.3 Å². The highest BCUT2D eigenvalue weighted by atomic mass is 127. The molecule has 0 fully saturated rings. The number of halogens is 1. The zero-order chi connectivity index (χ0) is 10.3. The summed E-state index contributed by atoms with van der Waals surface area (Å²) in [4.78, 5) is 2.40. The largest absolute Gasteiger partial charge is 1.00 e. The van der Waals surface area contributed by atoms with Gasteiger partial charge in [0, 0.05) is 5.75 Å². The molecule has 0 aliphatic heterocycles. The number of hydrogen-bond donors (Lipinski definition) is 0. The second kappa shape index (κ2) is 10.1. The normalized spacial score (nSPS) is 9.21. The molecule has 0 aromatic carbocycles. The molecular formula is C10H23IN2S. The molecule has 0 aromatic heterocycles. The van der Waals surface area contributed by atoms with E-state index in [9.17, 15) is 0 Å². The number of nitrogens with zero attached hydrogens (tertiary/aromatic N) is 2. The van der Waals surface area contributed by atoms with Crippen LogP contribution in [0.3, 0.4) is 0 Å². The van der Waals surface area contributed by atoms with Gasteiger partial charge in [-0.2, -0.15) is 0 Å². The lowest BCUT2D eigenvalue weighted by Gasteiger charge is -2.16. The first-order valence-corrected chi connectivity index (χ1v) is 6.07. The van der Waals surface area contributed by atoms with E-state index in [0.717, 1.165) is 13.1 Å². The molecule has 0 spiro atoms. The third-order valence-corrected chi connectivity index (χ3v) is 3.35. The Hall–Kier alpha value is 0.550. The number of hydrogen-bond acceptors (Lipinski definition) is 1. The van der Waals surface area contributed by atoms with E-state index < -0.39 is 0 Å². The highest BCUT2D eigenvalue weighted by Crippen LogP contribution is 2.09. The monoisotopic (exact) mass is 330 g/mol. The molecule has 2 nitrogen and oxygen atoms in total. The molecule has 0 radical (unpaired) electrons. The summed E-state index contributed by atoms with van der Waals surface area (Å²) >= 11 is 1.96. The SMILES string of the molecule is CCCSC(N(CC)CC)=[N+](C)C.[I-]. The van der Waals surface area contributed by atoms with Crippen LogP contribution in [0, 0.1) is 0 Å². The van der Waals surface area contributed by atoms with Gasteiger partial charge in [0.25, 0.3) is 0 Å². The van der Waals surface area contributed by atoms with Crippen molar-refractivity contribution in [1.82, 2.24) is 4.90 Å². The molecule has 0 amide bonds. The smallest absolute Gasteiger partial charge is 0.307 e. The van der Waals surface area contributed by atoms with Crippen LogP contribution in [0.2, 0.25) is 0 Å². The fourth-order valence-corrected chi connectivity index (χ4v) is 2.28. The second-order valence-electron chi connectivity index (χ2n) is 3.20. The third-order valence-electron chi connectivity index (χ3n) is 1.85. The maximum Gasteiger partial charge on any atom is 0.307 e. The minimum absolute atomic E-state index is 0. The van der Waals surface area contributed by atoms with Gasteiger partial charge in [-0.25, -0.2) is 0 Å². The van der Waals surface area contributed by atoms with Gasteiger partial charge in [0.2, 0.25) is 0 Å². The van der Waals surface area contributed by atoms with Crippen LogP contribution in [-0.2, 0) is 0 Å². The first-order chi connectivity index (χ1) is 6.17. The quantitative estimate of drug-likeness (QED) is 0.285. The molecule has 0 N–H and O–H groups in total. The Morgan fingerprint density at radius 1 is 1.14 bits per heavy atom. The van der Waals surface area contributed by atoms with Crippen molar-refractivity contribution in [2.75, 3.05) is 32.9 Å². The Morgan fingerprint density at radius 3 is 1.93 bits per heavy atom. The zero-order valence-electron chi connectivity index (χ0n) is 10.0. The van der Waals surface area contributed by atoms with Gasteiger partial charge >= 0.3 is 5.17 Å². The lowest BCUT2D eigenvalue weighted by atomic mass is 10.6. The molecule has 0 rings (SSSR count). The molecule has 0 aliphatic rings. The van der Waals surface area contributed by atoms with Crippen LogP contribution in [0.1, 0.15) is 27.2 Å². The average Bonchev–Trinajstić information content (AvgIpc) is 2.11. The van der Waals surface area contributed by atoms with Gasteiger partial charge in [-0.3, -0.25) is 9.48 Å². The van der Waals surface area contributed by atoms with Gasteiger partial charge < -0.3 is 24.0 Å². The van der Waals surface area contributed by atoms with Crippen molar-refractivity contribution in [3.63, 3.8) is 0 Å². The van der Waals surface area contributed by atoms with Gasteiger partial charge in [-0.1, -0.05) is 6.92 Å². The molecule has 0 unspecified atom stereocenters. The average molecular weight is 330 g/mol. The lowest BCUT2D eigenvalue weighted by Crippen LogP contribution is -3.00. The molecule has 0 heterocycles. The van der Waals surface area contributed by atoms with Gasteiger partial charge in [0.15, 0.2) is 0 Å². The zero-order valence-corrected chi connectivity index (χ0v) is 13.0. The van der Waals surface area contributed by atoms with Gasteiger partial charge in [0.1, 0.15) is 0 Å². The molecule has 0 atom stereocenters. The minimum atomic E-state index is 0. The van der Waals surface area contributed by atoms with Crippen LogP contribution in [0.5, 0.6) is 0 Å². The summed E-state index contributed by atoms with van der Waals surface area (Å²) in [6.45, 7) is 8.84. The van der Waals surface area contributed by atoms with Crippen molar-refractivity contribution >= 4 is 16.9 Å². The lowest BCUT2D eigenvalue weighted by molar-refractivity contribution is -0.466. The summed E-state index contributed by atoms with van der Waals surface area (Å²) in [6.07, 6.45) is 1.24. The molecule has 0 saturated heterocycles. The van der Waals surface area contributed by atoms with Crippen molar-refractivity contribution < 1.29 is 28.6 Å². The van der Waals surface area contributed by atoms with Crippen LogP contribution in [0.4, 0.5) is 0 Å². The van der Waals surface area contributed by atoms with E-state index in [1.54, 1.807) is 0 Å². The fraction of sp³-hybridized carbons (Fsp3) is 0.900. The number of thioether (sulfide) groups is 1. The number of rotatable bonds is 4. The topological polar surface area (TPSA) is 6.25 Å². The van der Waals surface area contributed by atoms with E-state index in [0.29, 0.717) is 0 Å². The minimum Gasteiger partial charge on any atom is -1.00 e. The van der Waals surface area contributed by atoms with Crippen LogP contribution < -0.4 is 24.0 Å². The summed E-state index contributed by atoms with van der Waals surface area (Å²) < 4.78 is 2.22. The summed E-state index contributed by atoms with van der Waals surface area (Å²) in [5.41, 5.74) is 0. The molecule has 0 aromatic rings. The van der Waals surface area contributed by atoms with Crippen LogP contribution in [0.15, 0.2) is 0 Å². The molecule has 86 valence electrons. The molecule has 0 aliphatic carbocycles. The van der Waals surface area contributed by atoms with Gasteiger partial charge in [-0.15, -0.1) is 0 Å². The van der Waals surface area contributed by atoms with Crippen molar-refractivity contribution in [1.29, 1.82) is 0 Å². The Morgan fingerprint density at radius 2 is 1.64 bits per heavy atom. The van der Waals surface area contributed by atoms with Crippen molar-refractivity contribution in [3.8, 4) is 0 Å². The molecule has 14 heavy (non-hydrogen) atoms. The maximum absolute atomic E-state index is 2.40.